The number of nitrogens with one attached hydrogen (secondary N) is 2. The van der Waals surface area contributed by atoms with Crippen LogP contribution >= 0.6 is 11.3 Å². The molecule has 66 heavy (non-hydrogen) atoms. The van der Waals surface area contributed by atoms with E-state index in [1.807, 2.05) is 39.0 Å². The summed E-state index contributed by atoms with van der Waals surface area (Å²) < 4.78 is 84.6. The normalized spacial score (nSPS) is 26.9. The van der Waals surface area contributed by atoms with Crippen LogP contribution in [0.2, 0.25) is 0 Å². The molecular weight excluding hydrogens is 902 g/mol. The SMILES string of the molecule is CC(C)Oc1ccc(-c2cc(O[C@@H]3C[C@H]4C(=O)N[C@]5(C(=O)NS(=O)(=O)C6(C)CC6)C[C@H]5C=CCC[C@@H](C)C[C@@H](C)[C@H](N(C(=O)O)C(C)(C)C(F)(F)F)C(=O)N4C3)cc(-c3cncs3)n2)cc1. The number of fused-ring (bicyclic) bond motifs is 2. The van der Waals surface area contributed by atoms with Crippen molar-refractivity contribution in [3.05, 3.63) is 60.3 Å². The summed E-state index contributed by atoms with van der Waals surface area (Å²) in [5.41, 5.74) is -1.44. The number of carboxylic acid groups (broad SMARTS) is 1. The van der Waals surface area contributed by atoms with Crippen LogP contribution in [0.15, 0.2) is 60.3 Å². The van der Waals surface area contributed by atoms with Crippen LogP contribution in [0.5, 0.6) is 11.5 Å². The second-order valence-electron chi connectivity index (χ2n) is 19.2. The molecule has 4 heterocycles. The van der Waals surface area contributed by atoms with Gasteiger partial charge in [0.1, 0.15) is 40.8 Å². The standard InChI is InChI=1S/C46H57F3N6O9S2/c1-26(2)63-31-14-12-29(13-15-31)34-19-32(20-35(51-34)37-23-50-25-65-37)64-33-21-36-39(56)52-45(41(58)53-66(61,62)44(7)16-17-44)22-30(45)11-9-8-10-27(3)18-28(4)38(40(57)54(36)24-33)55(42(59)60)43(5,6)46(47,48)49/h9,11-15,19-20,23,25-28,30,33,36,38H,8,10,16-18,21-22,24H2,1-7H3,(H,52,56)(H,53,58)(H,59,60)/t27-,28-,30-,33-,36+,38+,45-/m1/s1. The van der Waals surface area contributed by atoms with Crippen LogP contribution in [0.1, 0.15) is 93.4 Å². The Bertz CT molecular complexity index is 2460. The van der Waals surface area contributed by atoms with E-state index in [2.05, 4.69) is 15.0 Å². The maximum absolute atomic E-state index is 15.2. The Morgan fingerprint density at radius 3 is 2.35 bits per heavy atom. The summed E-state index contributed by atoms with van der Waals surface area (Å²) in [6.45, 7) is 9.76. The zero-order valence-corrected chi connectivity index (χ0v) is 39.6. The third-order valence-corrected chi connectivity index (χ3v) is 16.2. The van der Waals surface area contributed by atoms with Gasteiger partial charge in [0, 0.05) is 36.2 Å². The average Bonchev–Trinajstić information content (AvgIpc) is 3.98. The Balaban J connectivity index is 1.29. The first-order valence-corrected chi connectivity index (χ1v) is 24.5. The van der Waals surface area contributed by atoms with Gasteiger partial charge >= 0.3 is 12.3 Å². The zero-order chi connectivity index (χ0) is 48.1. The van der Waals surface area contributed by atoms with Crippen LogP contribution in [-0.4, -0.2) is 110 Å². The van der Waals surface area contributed by atoms with Gasteiger partial charge < -0.3 is 24.8 Å². The summed E-state index contributed by atoms with van der Waals surface area (Å²) in [5, 5.41) is 13.3. The van der Waals surface area contributed by atoms with Gasteiger partial charge in [-0.25, -0.2) is 18.2 Å². The highest BCUT2D eigenvalue weighted by molar-refractivity contribution is 7.91. The van der Waals surface area contributed by atoms with Gasteiger partial charge in [-0.2, -0.15) is 13.2 Å². The van der Waals surface area contributed by atoms with Crippen molar-refractivity contribution in [2.45, 2.75) is 140 Å². The van der Waals surface area contributed by atoms with E-state index in [1.54, 1.807) is 42.0 Å². The van der Waals surface area contributed by atoms with Gasteiger partial charge in [0.2, 0.25) is 21.8 Å². The minimum atomic E-state index is -5.11. The van der Waals surface area contributed by atoms with Gasteiger partial charge in [0.25, 0.3) is 5.91 Å². The van der Waals surface area contributed by atoms with Gasteiger partial charge in [-0.15, -0.1) is 11.3 Å². The van der Waals surface area contributed by atoms with Crippen LogP contribution in [0.4, 0.5) is 18.0 Å². The molecular formula is C46H57F3N6O9S2. The van der Waals surface area contributed by atoms with E-state index in [1.165, 1.54) is 25.2 Å². The number of nitrogens with zero attached hydrogens (tertiary/aromatic N) is 4. The Hall–Kier alpha value is -5.24. The van der Waals surface area contributed by atoms with E-state index in [0.717, 1.165) is 4.90 Å². The smallest absolute Gasteiger partial charge is 0.411 e. The number of thiazole rings is 1. The number of halogens is 3. The molecule has 7 atom stereocenters. The number of carbonyl (C=O) groups is 4. The first-order chi connectivity index (χ1) is 30.9. The molecule has 2 aromatic heterocycles. The molecule has 7 rings (SSSR count). The van der Waals surface area contributed by atoms with Gasteiger partial charge in [-0.05, 0) is 109 Å². The van der Waals surface area contributed by atoms with E-state index in [-0.39, 0.29) is 48.5 Å². The fourth-order valence-electron chi connectivity index (χ4n) is 8.94. The third-order valence-electron chi connectivity index (χ3n) is 13.3. The molecule has 3 fully saturated rings. The second kappa shape index (κ2) is 18.1. The van der Waals surface area contributed by atoms with Crippen molar-refractivity contribution in [1.29, 1.82) is 0 Å². The van der Waals surface area contributed by atoms with Crippen LogP contribution in [0.25, 0.3) is 21.8 Å². The van der Waals surface area contributed by atoms with E-state index in [4.69, 9.17) is 14.5 Å². The highest BCUT2D eigenvalue weighted by Gasteiger charge is 2.64. The van der Waals surface area contributed by atoms with Crippen molar-refractivity contribution in [3.63, 3.8) is 0 Å². The van der Waals surface area contributed by atoms with Crippen molar-refractivity contribution in [2.24, 2.45) is 17.8 Å². The molecule has 1 aromatic carbocycles. The van der Waals surface area contributed by atoms with Crippen molar-refractivity contribution >= 4 is 45.2 Å². The quantitative estimate of drug-likeness (QED) is 0.160. The van der Waals surface area contributed by atoms with Crippen molar-refractivity contribution < 1.29 is 55.3 Å². The highest BCUT2D eigenvalue weighted by Crippen LogP contribution is 2.48. The van der Waals surface area contributed by atoms with Gasteiger partial charge in [0.05, 0.1) is 39.2 Å². The summed E-state index contributed by atoms with van der Waals surface area (Å²) in [5.74, 6) is -3.74. The molecule has 0 bridgehead atoms. The van der Waals surface area contributed by atoms with E-state index < -0.39 is 85.9 Å². The molecule has 1 saturated heterocycles. The van der Waals surface area contributed by atoms with Crippen LogP contribution in [0.3, 0.4) is 0 Å². The maximum Gasteiger partial charge on any atom is 0.411 e. The molecule has 3 aromatic rings. The van der Waals surface area contributed by atoms with E-state index >= 15 is 4.79 Å². The molecule has 4 amide bonds. The van der Waals surface area contributed by atoms with Gasteiger partial charge in [-0.3, -0.25) is 29.0 Å². The van der Waals surface area contributed by atoms with Crippen LogP contribution in [-0.2, 0) is 24.4 Å². The minimum absolute atomic E-state index is 0.0421. The highest BCUT2D eigenvalue weighted by atomic mass is 32.2. The van der Waals surface area contributed by atoms with Crippen molar-refractivity contribution in [3.8, 4) is 33.3 Å². The lowest BCUT2D eigenvalue weighted by atomic mass is 9.85. The number of sulfonamides is 1. The fourth-order valence-corrected chi connectivity index (χ4v) is 10.8. The molecule has 0 unspecified atom stereocenters. The number of alkyl halides is 3. The number of hydrogen-bond donors (Lipinski definition) is 3. The minimum Gasteiger partial charge on any atom is -0.491 e. The average molecular weight is 959 g/mol. The molecule has 4 aliphatic rings. The van der Waals surface area contributed by atoms with Crippen molar-refractivity contribution in [2.75, 3.05) is 6.54 Å². The lowest BCUT2D eigenvalue weighted by Crippen LogP contribution is -2.66. The first kappa shape index (κ1) is 48.7. The maximum atomic E-state index is 15.2. The number of carbonyl (C=O) groups excluding carboxylic acids is 3. The summed E-state index contributed by atoms with van der Waals surface area (Å²) in [4.78, 5) is 68.1. The number of hydrogen-bond acceptors (Lipinski definition) is 11. The number of ether oxygens (including phenoxy) is 2. The number of rotatable bonds is 11. The lowest BCUT2D eigenvalue weighted by molar-refractivity contribution is -0.222. The Morgan fingerprint density at radius 2 is 1.74 bits per heavy atom. The number of pyridine rings is 1. The molecule has 0 spiro atoms. The number of aromatic nitrogens is 2. The Kier molecular flexibility index (Phi) is 13.4. The summed E-state index contributed by atoms with van der Waals surface area (Å²) >= 11 is 1.33. The molecule has 2 saturated carbocycles. The second-order valence-corrected chi connectivity index (χ2v) is 22.3. The fraction of sp³-hybridized carbons (Fsp3) is 0.565. The zero-order valence-electron chi connectivity index (χ0n) is 37.9. The largest absolute Gasteiger partial charge is 0.491 e. The summed E-state index contributed by atoms with van der Waals surface area (Å²) in [6, 6.07) is 7.19. The summed E-state index contributed by atoms with van der Waals surface area (Å²) in [6.07, 6.45) is -1.32. The topological polar surface area (TPSA) is 197 Å². The number of amides is 4. The monoisotopic (exact) mass is 958 g/mol. The Labute approximate surface area is 386 Å². The lowest BCUT2D eigenvalue weighted by Gasteiger charge is -2.45. The first-order valence-electron chi connectivity index (χ1n) is 22.2. The predicted molar refractivity (Wildman–Crippen MR) is 240 cm³/mol. The molecule has 3 N–H and O–H groups in total. The van der Waals surface area contributed by atoms with Crippen LogP contribution < -0.4 is 19.5 Å². The van der Waals surface area contributed by atoms with Crippen molar-refractivity contribution in [1.82, 2.24) is 29.8 Å². The molecule has 2 aliphatic heterocycles. The van der Waals surface area contributed by atoms with Gasteiger partial charge in [0.15, 0.2) is 0 Å². The molecule has 2 aliphatic carbocycles. The number of benzene rings is 1. The molecule has 15 nitrogen and oxygen atoms in total. The predicted octanol–water partition coefficient (Wildman–Crippen LogP) is 7.58. The summed E-state index contributed by atoms with van der Waals surface area (Å²) in [7, 11) is -4.14. The molecule has 20 heteroatoms. The van der Waals surface area contributed by atoms with E-state index in [9.17, 15) is 41.1 Å². The third kappa shape index (κ3) is 9.89. The molecule has 358 valence electrons. The van der Waals surface area contributed by atoms with Crippen LogP contribution in [0, 0.1) is 17.8 Å². The van der Waals surface area contributed by atoms with Gasteiger partial charge in [-0.1, -0.05) is 26.0 Å². The molecule has 0 radical (unpaired) electrons. The Morgan fingerprint density at radius 1 is 1.06 bits per heavy atom. The van der Waals surface area contributed by atoms with E-state index in [0.29, 0.717) is 67.1 Å². The number of allylic oxidation sites excluding steroid dienone is 1.